The summed E-state index contributed by atoms with van der Waals surface area (Å²) in [6, 6.07) is 8.90. The van der Waals surface area contributed by atoms with Crippen LogP contribution in [0.3, 0.4) is 0 Å². The van der Waals surface area contributed by atoms with Gasteiger partial charge in [-0.3, -0.25) is 9.48 Å². The van der Waals surface area contributed by atoms with Crippen LogP contribution in [0.15, 0.2) is 42.7 Å². The molecule has 1 aromatic heterocycles. The van der Waals surface area contributed by atoms with E-state index in [4.69, 9.17) is 5.11 Å². The number of carbonyl (C=O) groups is 1. The average Bonchev–Trinajstić information content (AvgIpc) is 2.91. The minimum Gasteiger partial charge on any atom is -0.392 e. The normalized spacial score (nSPS) is 12.3. The van der Waals surface area contributed by atoms with Crippen molar-refractivity contribution in [2.75, 3.05) is 0 Å². The minimum atomic E-state index is -0.120. The summed E-state index contributed by atoms with van der Waals surface area (Å²) in [7, 11) is 0. The number of aliphatic hydroxyl groups is 1. The highest BCUT2D eigenvalue weighted by Crippen LogP contribution is 2.12. The van der Waals surface area contributed by atoms with Crippen LogP contribution in [-0.2, 0) is 13.2 Å². The second-order valence-electron chi connectivity index (χ2n) is 4.35. The summed E-state index contributed by atoms with van der Waals surface area (Å²) >= 11 is 0. The monoisotopic (exact) mass is 244 g/mol. The highest BCUT2D eigenvalue weighted by molar-refractivity contribution is 5.97. The number of carbonyl (C=O) groups excluding carboxylic acids is 1. The molecule has 1 unspecified atom stereocenters. The molecule has 1 heterocycles. The molecule has 4 heteroatoms. The zero-order valence-electron chi connectivity index (χ0n) is 10.3. The number of rotatable bonds is 5. The van der Waals surface area contributed by atoms with Gasteiger partial charge in [0.05, 0.1) is 13.2 Å². The number of Topliss-reactive ketones (excluding diaryl/α,β-unsaturated/α-hetero) is 1. The molecule has 0 amide bonds. The van der Waals surface area contributed by atoms with Crippen molar-refractivity contribution in [2.45, 2.75) is 20.1 Å². The summed E-state index contributed by atoms with van der Waals surface area (Å²) in [5.74, 6) is -0.0279. The lowest BCUT2D eigenvalue weighted by molar-refractivity contribution is 0.0915. The predicted octanol–water partition coefficient (Wildman–Crippen LogP) is 1.89. The molecule has 1 N–H and O–H groups in total. The van der Waals surface area contributed by atoms with Gasteiger partial charge < -0.3 is 5.11 Å². The lowest BCUT2D eigenvalue weighted by Gasteiger charge is -2.10. The molecule has 1 atom stereocenters. The standard InChI is InChI=1S/C14H16N2O2/c1-11(9-16-8-2-7-15-16)14(18)13-5-3-12(10-17)4-6-13/h2-8,11,17H,9-10H2,1H3. The summed E-state index contributed by atoms with van der Waals surface area (Å²) < 4.78 is 1.75. The number of nitrogens with zero attached hydrogens (tertiary/aromatic N) is 2. The fourth-order valence-electron chi connectivity index (χ4n) is 1.83. The first kappa shape index (κ1) is 12.5. The van der Waals surface area contributed by atoms with Crippen LogP contribution >= 0.6 is 0 Å². The van der Waals surface area contributed by atoms with Crippen molar-refractivity contribution in [3.63, 3.8) is 0 Å². The fourth-order valence-corrected chi connectivity index (χ4v) is 1.83. The van der Waals surface area contributed by atoms with Crippen molar-refractivity contribution in [2.24, 2.45) is 5.92 Å². The Kier molecular flexibility index (Phi) is 3.89. The molecule has 2 aromatic rings. The zero-order chi connectivity index (χ0) is 13.0. The smallest absolute Gasteiger partial charge is 0.167 e. The van der Waals surface area contributed by atoms with Crippen LogP contribution in [0.25, 0.3) is 0 Å². The molecule has 0 saturated heterocycles. The Morgan fingerprint density at radius 3 is 2.67 bits per heavy atom. The van der Waals surface area contributed by atoms with E-state index < -0.39 is 0 Å². The quantitative estimate of drug-likeness (QED) is 0.817. The van der Waals surface area contributed by atoms with E-state index in [0.29, 0.717) is 12.1 Å². The predicted molar refractivity (Wildman–Crippen MR) is 68.1 cm³/mol. The SMILES string of the molecule is CC(Cn1cccn1)C(=O)c1ccc(CO)cc1. The highest BCUT2D eigenvalue weighted by Gasteiger charge is 2.15. The Labute approximate surface area is 106 Å². The molecule has 0 aliphatic heterocycles. The van der Waals surface area contributed by atoms with E-state index in [1.165, 1.54) is 0 Å². The van der Waals surface area contributed by atoms with Gasteiger partial charge in [-0.25, -0.2) is 0 Å². The van der Waals surface area contributed by atoms with E-state index in [9.17, 15) is 4.79 Å². The molecule has 0 aliphatic rings. The summed E-state index contributed by atoms with van der Waals surface area (Å²) in [5.41, 5.74) is 1.48. The lowest BCUT2D eigenvalue weighted by atomic mass is 9.98. The van der Waals surface area contributed by atoms with Crippen molar-refractivity contribution in [3.8, 4) is 0 Å². The summed E-state index contributed by atoms with van der Waals surface area (Å²) in [6.07, 6.45) is 3.55. The molecule has 0 saturated carbocycles. The van der Waals surface area contributed by atoms with E-state index in [0.717, 1.165) is 5.56 Å². The molecular formula is C14H16N2O2. The maximum absolute atomic E-state index is 12.2. The molecule has 4 nitrogen and oxygen atoms in total. The van der Waals surface area contributed by atoms with Gasteiger partial charge in [-0.1, -0.05) is 31.2 Å². The molecule has 0 spiro atoms. The fraction of sp³-hybridized carbons (Fsp3) is 0.286. The first-order valence-electron chi connectivity index (χ1n) is 5.92. The number of hydrogen-bond acceptors (Lipinski definition) is 3. The van der Waals surface area contributed by atoms with Gasteiger partial charge in [-0.2, -0.15) is 5.10 Å². The van der Waals surface area contributed by atoms with E-state index in [2.05, 4.69) is 5.10 Å². The highest BCUT2D eigenvalue weighted by atomic mass is 16.3. The van der Waals surface area contributed by atoms with E-state index >= 15 is 0 Å². The van der Waals surface area contributed by atoms with Gasteiger partial charge in [0, 0.05) is 23.9 Å². The first-order chi connectivity index (χ1) is 8.70. The lowest BCUT2D eigenvalue weighted by Crippen LogP contribution is -2.18. The number of aliphatic hydroxyl groups excluding tert-OH is 1. The van der Waals surface area contributed by atoms with Crippen LogP contribution in [0.1, 0.15) is 22.8 Å². The second kappa shape index (κ2) is 5.60. The van der Waals surface area contributed by atoms with Gasteiger partial charge in [0.1, 0.15) is 0 Å². The Balaban J connectivity index is 2.05. The molecule has 2 rings (SSSR count). The maximum Gasteiger partial charge on any atom is 0.167 e. The van der Waals surface area contributed by atoms with Crippen molar-refractivity contribution < 1.29 is 9.90 Å². The van der Waals surface area contributed by atoms with Crippen LogP contribution in [0.4, 0.5) is 0 Å². The van der Waals surface area contributed by atoms with Gasteiger partial charge >= 0.3 is 0 Å². The van der Waals surface area contributed by atoms with Crippen molar-refractivity contribution in [3.05, 3.63) is 53.9 Å². The molecule has 94 valence electrons. The number of ketones is 1. The van der Waals surface area contributed by atoms with Crippen molar-refractivity contribution in [1.82, 2.24) is 9.78 Å². The Morgan fingerprint density at radius 2 is 2.11 bits per heavy atom. The van der Waals surface area contributed by atoms with E-state index in [1.807, 2.05) is 19.2 Å². The van der Waals surface area contributed by atoms with Gasteiger partial charge in [0.25, 0.3) is 0 Å². The second-order valence-corrected chi connectivity index (χ2v) is 4.35. The van der Waals surface area contributed by atoms with Gasteiger partial charge in [-0.05, 0) is 11.6 Å². The number of benzene rings is 1. The van der Waals surface area contributed by atoms with Crippen molar-refractivity contribution in [1.29, 1.82) is 0 Å². The Hall–Kier alpha value is -1.94. The van der Waals surface area contributed by atoms with Crippen LogP contribution in [0, 0.1) is 5.92 Å². The Bertz CT molecular complexity index is 503. The van der Waals surface area contributed by atoms with Crippen molar-refractivity contribution >= 4 is 5.78 Å². The maximum atomic E-state index is 12.2. The largest absolute Gasteiger partial charge is 0.392 e. The van der Waals surface area contributed by atoms with Crippen LogP contribution in [0.5, 0.6) is 0 Å². The third kappa shape index (κ3) is 2.84. The molecule has 1 aromatic carbocycles. The molecular weight excluding hydrogens is 228 g/mol. The van der Waals surface area contributed by atoms with Gasteiger partial charge in [-0.15, -0.1) is 0 Å². The first-order valence-corrected chi connectivity index (χ1v) is 5.92. The third-order valence-corrected chi connectivity index (χ3v) is 2.89. The van der Waals surface area contributed by atoms with Crippen LogP contribution < -0.4 is 0 Å². The number of hydrogen-bond donors (Lipinski definition) is 1. The van der Waals surface area contributed by atoms with E-state index in [-0.39, 0.29) is 18.3 Å². The molecule has 0 fully saturated rings. The minimum absolute atomic E-state index is 0.00267. The topological polar surface area (TPSA) is 55.1 Å². The van der Waals surface area contributed by atoms with E-state index in [1.54, 1.807) is 35.1 Å². The summed E-state index contributed by atoms with van der Waals surface area (Å²) in [4.78, 5) is 12.2. The number of aromatic nitrogens is 2. The van der Waals surface area contributed by atoms with Gasteiger partial charge in [0.15, 0.2) is 5.78 Å². The molecule has 18 heavy (non-hydrogen) atoms. The molecule has 0 radical (unpaired) electrons. The van der Waals surface area contributed by atoms with Crippen LogP contribution in [0.2, 0.25) is 0 Å². The summed E-state index contributed by atoms with van der Waals surface area (Å²) in [5, 5.41) is 13.0. The Morgan fingerprint density at radius 1 is 1.39 bits per heavy atom. The van der Waals surface area contributed by atoms with Crippen LogP contribution in [-0.4, -0.2) is 20.7 Å². The zero-order valence-corrected chi connectivity index (χ0v) is 10.3. The average molecular weight is 244 g/mol. The third-order valence-electron chi connectivity index (χ3n) is 2.89. The van der Waals surface area contributed by atoms with Gasteiger partial charge in [0.2, 0.25) is 0 Å². The summed E-state index contributed by atoms with van der Waals surface area (Å²) in [6.45, 7) is 2.47. The molecule has 0 bridgehead atoms. The molecule has 0 aliphatic carbocycles.